The van der Waals surface area contributed by atoms with Gasteiger partial charge in [0.2, 0.25) is 0 Å². The second kappa shape index (κ2) is 5.22. The predicted molar refractivity (Wildman–Crippen MR) is 80.3 cm³/mol. The largest absolute Gasteiger partial charge is 0.477 e. The Balaban J connectivity index is 2.69. The zero-order chi connectivity index (χ0) is 15.1. The van der Waals surface area contributed by atoms with Crippen molar-refractivity contribution in [1.82, 2.24) is 5.16 Å². The van der Waals surface area contributed by atoms with Crippen molar-refractivity contribution in [1.29, 1.82) is 0 Å². The molecular formula is C14H13BrClNO3. The normalized spacial score (nSPS) is 11.7. The summed E-state index contributed by atoms with van der Waals surface area (Å²) in [6.45, 7) is 5.60. The van der Waals surface area contributed by atoms with Crippen LogP contribution in [0.15, 0.2) is 27.2 Å². The third-order valence-electron chi connectivity index (χ3n) is 2.77. The summed E-state index contributed by atoms with van der Waals surface area (Å²) >= 11 is 9.47. The Labute approximate surface area is 129 Å². The van der Waals surface area contributed by atoms with E-state index in [1.54, 1.807) is 18.2 Å². The van der Waals surface area contributed by atoms with Gasteiger partial charge in [0.25, 0.3) is 0 Å². The topological polar surface area (TPSA) is 63.3 Å². The van der Waals surface area contributed by atoms with Crippen LogP contribution in [0.1, 0.15) is 36.9 Å². The highest BCUT2D eigenvalue weighted by Crippen LogP contribution is 2.36. The first-order valence-corrected chi connectivity index (χ1v) is 7.07. The summed E-state index contributed by atoms with van der Waals surface area (Å²) in [7, 11) is 0. The van der Waals surface area contributed by atoms with E-state index in [2.05, 4.69) is 21.1 Å². The van der Waals surface area contributed by atoms with Crippen LogP contribution < -0.4 is 0 Å². The minimum Gasteiger partial charge on any atom is -0.477 e. The molecule has 0 unspecified atom stereocenters. The maximum atomic E-state index is 11.5. The molecule has 0 fully saturated rings. The van der Waals surface area contributed by atoms with E-state index in [1.165, 1.54) is 0 Å². The van der Waals surface area contributed by atoms with Gasteiger partial charge in [-0.1, -0.05) is 59.5 Å². The lowest BCUT2D eigenvalue weighted by Gasteiger charge is -2.14. The highest BCUT2D eigenvalue weighted by atomic mass is 79.9. The Morgan fingerprint density at radius 1 is 1.40 bits per heavy atom. The number of benzene rings is 1. The molecule has 0 aliphatic rings. The number of aromatic nitrogens is 1. The van der Waals surface area contributed by atoms with Crippen LogP contribution in [0.3, 0.4) is 0 Å². The standard InChI is InChI=1S/C14H13BrClNO3/c1-14(2,3)12-10(13(18)19)11(17-20-12)8-5-4-7(15)6-9(8)16/h4-6H,1-3H3,(H,18,19). The van der Waals surface area contributed by atoms with E-state index in [0.29, 0.717) is 16.3 Å². The van der Waals surface area contributed by atoms with Crippen molar-refractivity contribution in [2.45, 2.75) is 26.2 Å². The van der Waals surface area contributed by atoms with E-state index in [9.17, 15) is 9.90 Å². The van der Waals surface area contributed by atoms with Gasteiger partial charge >= 0.3 is 5.97 Å². The van der Waals surface area contributed by atoms with Crippen molar-refractivity contribution in [3.8, 4) is 11.3 Å². The molecule has 1 N–H and O–H groups in total. The summed E-state index contributed by atoms with van der Waals surface area (Å²) in [5.74, 6) is -0.746. The molecule has 6 heteroatoms. The van der Waals surface area contributed by atoms with Gasteiger partial charge in [-0.3, -0.25) is 0 Å². The van der Waals surface area contributed by atoms with Crippen molar-refractivity contribution in [3.05, 3.63) is 39.0 Å². The second-order valence-electron chi connectivity index (χ2n) is 5.41. The van der Waals surface area contributed by atoms with E-state index in [1.807, 2.05) is 20.8 Å². The fourth-order valence-corrected chi connectivity index (χ4v) is 2.63. The van der Waals surface area contributed by atoms with Gasteiger partial charge in [-0.2, -0.15) is 0 Å². The number of hydrogen-bond donors (Lipinski definition) is 1. The van der Waals surface area contributed by atoms with Crippen molar-refractivity contribution in [3.63, 3.8) is 0 Å². The second-order valence-corrected chi connectivity index (χ2v) is 6.74. The first kappa shape index (κ1) is 15.1. The minimum atomic E-state index is -1.08. The van der Waals surface area contributed by atoms with Crippen LogP contribution in [0.2, 0.25) is 5.02 Å². The lowest BCUT2D eigenvalue weighted by atomic mass is 9.89. The third-order valence-corrected chi connectivity index (χ3v) is 3.58. The number of aromatic carboxylic acids is 1. The Bertz CT molecular complexity index is 674. The molecule has 4 nitrogen and oxygen atoms in total. The summed E-state index contributed by atoms with van der Waals surface area (Å²) < 4.78 is 6.07. The van der Waals surface area contributed by atoms with Crippen LogP contribution in [-0.4, -0.2) is 16.2 Å². The molecule has 20 heavy (non-hydrogen) atoms. The van der Waals surface area contributed by atoms with Gasteiger partial charge in [-0.15, -0.1) is 0 Å². The first-order valence-electron chi connectivity index (χ1n) is 5.90. The first-order chi connectivity index (χ1) is 9.21. The van der Waals surface area contributed by atoms with Gasteiger partial charge in [0.1, 0.15) is 11.3 Å². The molecule has 0 saturated carbocycles. The number of rotatable bonds is 2. The maximum absolute atomic E-state index is 11.5. The van der Waals surface area contributed by atoms with Crippen LogP contribution in [-0.2, 0) is 5.41 Å². The predicted octanol–water partition coefficient (Wildman–Crippen LogP) is 4.75. The maximum Gasteiger partial charge on any atom is 0.341 e. The molecule has 0 spiro atoms. The number of halogens is 2. The molecule has 1 heterocycles. The molecule has 0 atom stereocenters. The Morgan fingerprint density at radius 2 is 2.05 bits per heavy atom. The van der Waals surface area contributed by atoms with Crippen molar-refractivity contribution >= 4 is 33.5 Å². The summed E-state index contributed by atoms with van der Waals surface area (Å²) in [6.07, 6.45) is 0. The van der Waals surface area contributed by atoms with E-state index in [4.69, 9.17) is 16.1 Å². The summed E-state index contributed by atoms with van der Waals surface area (Å²) in [5, 5.41) is 13.8. The third kappa shape index (κ3) is 2.74. The highest BCUT2D eigenvalue weighted by molar-refractivity contribution is 9.10. The molecule has 0 aliphatic carbocycles. The molecule has 0 amide bonds. The van der Waals surface area contributed by atoms with Gasteiger partial charge in [0, 0.05) is 15.5 Å². The smallest absolute Gasteiger partial charge is 0.341 e. The van der Waals surface area contributed by atoms with Crippen LogP contribution in [0.5, 0.6) is 0 Å². The average Bonchev–Trinajstić information content (AvgIpc) is 2.72. The molecule has 1 aromatic carbocycles. The van der Waals surface area contributed by atoms with Gasteiger partial charge in [-0.25, -0.2) is 4.79 Å². The molecule has 0 radical (unpaired) electrons. The van der Waals surface area contributed by atoms with Crippen LogP contribution in [0.25, 0.3) is 11.3 Å². The van der Waals surface area contributed by atoms with Crippen LogP contribution in [0.4, 0.5) is 0 Å². The SMILES string of the molecule is CC(C)(C)c1onc(-c2ccc(Br)cc2Cl)c1C(=O)O. The Kier molecular flexibility index (Phi) is 3.93. The van der Waals surface area contributed by atoms with Gasteiger partial charge in [0.05, 0.1) is 5.02 Å². The lowest BCUT2D eigenvalue weighted by Crippen LogP contribution is -2.15. The van der Waals surface area contributed by atoms with Gasteiger partial charge in [0.15, 0.2) is 5.76 Å². The van der Waals surface area contributed by atoms with E-state index in [-0.39, 0.29) is 11.3 Å². The lowest BCUT2D eigenvalue weighted by molar-refractivity contribution is 0.0693. The van der Waals surface area contributed by atoms with Crippen LogP contribution >= 0.6 is 27.5 Å². The Morgan fingerprint density at radius 3 is 2.55 bits per heavy atom. The van der Waals surface area contributed by atoms with Crippen LogP contribution in [0, 0.1) is 0 Å². The Hall–Kier alpha value is -1.33. The zero-order valence-electron chi connectivity index (χ0n) is 11.2. The molecule has 2 aromatic rings. The number of carboxylic acids is 1. The molecule has 0 aliphatic heterocycles. The number of hydrogen-bond acceptors (Lipinski definition) is 3. The molecule has 0 saturated heterocycles. The van der Waals surface area contributed by atoms with Gasteiger partial charge < -0.3 is 9.63 Å². The number of nitrogens with zero attached hydrogens (tertiary/aromatic N) is 1. The fourth-order valence-electron chi connectivity index (χ4n) is 1.87. The minimum absolute atomic E-state index is 0.0572. The van der Waals surface area contributed by atoms with Crippen molar-refractivity contribution in [2.24, 2.45) is 0 Å². The molecule has 2 rings (SSSR count). The monoisotopic (exact) mass is 357 g/mol. The van der Waals surface area contributed by atoms with E-state index in [0.717, 1.165) is 4.47 Å². The summed E-state index contributed by atoms with van der Waals surface area (Å²) in [5.41, 5.74) is 0.383. The summed E-state index contributed by atoms with van der Waals surface area (Å²) in [4.78, 5) is 11.5. The molecule has 106 valence electrons. The van der Waals surface area contributed by atoms with E-state index >= 15 is 0 Å². The molecular weight excluding hydrogens is 346 g/mol. The number of carbonyl (C=O) groups is 1. The zero-order valence-corrected chi connectivity index (χ0v) is 13.5. The van der Waals surface area contributed by atoms with Gasteiger partial charge in [-0.05, 0) is 12.1 Å². The average molecular weight is 359 g/mol. The molecule has 0 bridgehead atoms. The molecule has 1 aromatic heterocycles. The van der Waals surface area contributed by atoms with Crippen molar-refractivity contribution < 1.29 is 14.4 Å². The number of carboxylic acid groups (broad SMARTS) is 1. The summed E-state index contributed by atoms with van der Waals surface area (Å²) in [6, 6.07) is 5.18. The quantitative estimate of drug-likeness (QED) is 0.841. The van der Waals surface area contributed by atoms with Crippen molar-refractivity contribution in [2.75, 3.05) is 0 Å². The highest BCUT2D eigenvalue weighted by Gasteiger charge is 2.31. The fraction of sp³-hybridized carbons (Fsp3) is 0.286. The van der Waals surface area contributed by atoms with E-state index < -0.39 is 11.4 Å².